The van der Waals surface area contributed by atoms with Crippen LogP contribution in [0, 0.1) is 0 Å². The normalized spacial score (nSPS) is 12.6. The summed E-state index contributed by atoms with van der Waals surface area (Å²) in [5, 5.41) is 10.2. The molecule has 0 saturated carbocycles. The Hall–Kier alpha value is -1.45. The molecule has 4 heteroatoms. The van der Waals surface area contributed by atoms with Crippen molar-refractivity contribution in [2.24, 2.45) is 0 Å². The van der Waals surface area contributed by atoms with E-state index in [2.05, 4.69) is 0 Å². The Morgan fingerprint density at radius 1 is 1.06 bits per heavy atom. The predicted octanol–water partition coefficient (Wildman–Crippen LogP) is 1.83. The van der Waals surface area contributed by atoms with Crippen molar-refractivity contribution in [3.05, 3.63) is 35.4 Å². The lowest BCUT2D eigenvalue weighted by molar-refractivity contribution is -0.331. The largest absolute Gasteiger partial charge is 0.544 e. The van der Waals surface area contributed by atoms with Crippen molar-refractivity contribution in [2.45, 2.75) is 32.1 Å². The maximum absolute atomic E-state index is 13.0. The fourth-order valence-electron chi connectivity index (χ4n) is 1.30. The molecule has 0 aromatic heterocycles. The molecular formula is C12H13F2O2-. The Labute approximate surface area is 92.9 Å². The number of carboxylic acids is 1. The molecule has 0 saturated heterocycles. The molecule has 0 spiro atoms. The van der Waals surface area contributed by atoms with Crippen LogP contribution < -0.4 is 5.11 Å². The van der Waals surface area contributed by atoms with Crippen molar-refractivity contribution in [1.82, 2.24) is 0 Å². The van der Waals surface area contributed by atoms with Crippen LogP contribution in [-0.4, -0.2) is 5.97 Å². The molecule has 0 bridgehead atoms. The van der Waals surface area contributed by atoms with Gasteiger partial charge in [0, 0.05) is 5.56 Å². The average Bonchev–Trinajstić information content (AvgIpc) is 2.16. The predicted molar refractivity (Wildman–Crippen MR) is 54.0 cm³/mol. The second-order valence-corrected chi connectivity index (χ2v) is 4.69. The molecule has 0 atom stereocenters. The smallest absolute Gasteiger partial charge is 0.312 e. The fraction of sp³-hybridized carbons (Fsp3) is 0.417. The molecule has 0 heterocycles. The molecule has 1 aromatic rings. The summed E-state index contributed by atoms with van der Waals surface area (Å²) in [6.07, 6.45) is 0. The van der Waals surface area contributed by atoms with Crippen molar-refractivity contribution in [3.63, 3.8) is 0 Å². The molecular weight excluding hydrogens is 214 g/mol. The molecule has 0 fully saturated rings. The molecule has 0 aliphatic heterocycles. The lowest BCUT2D eigenvalue weighted by atomic mass is 9.86. The third-order valence-electron chi connectivity index (χ3n) is 2.37. The van der Waals surface area contributed by atoms with E-state index < -0.39 is 17.5 Å². The van der Waals surface area contributed by atoms with Crippen LogP contribution in [0.5, 0.6) is 0 Å². The van der Waals surface area contributed by atoms with E-state index in [1.54, 1.807) is 0 Å². The van der Waals surface area contributed by atoms with Gasteiger partial charge in [-0.1, -0.05) is 45.0 Å². The summed E-state index contributed by atoms with van der Waals surface area (Å²) in [4.78, 5) is 10.2. The first kappa shape index (κ1) is 12.6. The Kier molecular flexibility index (Phi) is 3.03. The quantitative estimate of drug-likeness (QED) is 0.773. The molecule has 1 rings (SSSR count). The Bertz CT molecular complexity index is 388. The first-order valence-electron chi connectivity index (χ1n) is 4.86. The highest BCUT2D eigenvalue weighted by molar-refractivity contribution is 5.75. The number of carbonyl (C=O) groups excluding carboxylic acids is 1. The number of hydrogen-bond donors (Lipinski definition) is 0. The van der Waals surface area contributed by atoms with Gasteiger partial charge in [0.05, 0.1) is 0 Å². The van der Waals surface area contributed by atoms with Gasteiger partial charge in [0.15, 0.2) is 0 Å². The second kappa shape index (κ2) is 3.85. The summed E-state index contributed by atoms with van der Waals surface area (Å²) in [5.74, 6) is -6.31. The molecule has 2 nitrogen and oxygen atoms in total. The zero-order valence-electron chi connectivity index (χ0n) is 9.38. The van der Waals surface area contributed by atoms with Crippen LogP contribution >= 0.6 is 0 Å². The van der Waals surface area contributed by atoms with Crippen molar-refractivity contribution in [3.8, 4) is 0 Å². The van der Waals surface area contributed by atoms with Crippen LogP contribution in [0.25, 0.3) is 0 Å². The lowest BCUT2D eigenvalue weighted by Gasteiger charge is -2.21. The van der Waals surface area contributed by atoms with E-state index in [1.165, 1.54) is 12.1 Å². The average molecular weight is 227 g/mol. The van der Waals surface area contributed by atoms with Crippen molar-refractivity contribution in [2.75, 3.05) is 0 Å². The molecule has 88 valence electrons. The number of alkyl halides is 2. The van der Waals surface area contributed by atoms with Gasteiger partial charge in [0.25, 0.3) is 0 Å². The SMILES string of the molecule is CC(C)(C)c1ccc(C(F)(F)C(=O)[O-])cc1. The monoisotopic (exact) mass is 227 g/mol. The molecule has 0 aliphatic carbocycles. The van der Waals surface area contributed by atoms with Crippen LogP contribution in [0.2, 0.25) is 0 Å². The van der Waals surface area contributed by atoms with E-state index in [0.29, 0.717) is 0 Å². The minimum Gasteiger partial charge on any atom is -0.544 e. The van der Waals surface area contributed by atoms with Gasteiger partial charge in [-0.15, -0.1) is 0 Å². The van der Waals surface area contributed by atoms with Crippen LogP contribution in [0.1, 0.15) is 31.9 Å². The van der Waals surface area contributed by atoms with Crippen LogP contribution in [0.15, 0.2) is 24.3 Å². The Morgan fingerprint density at radius 3 is 1.75 bits per heavy atom. The summed E-state index contributed by atoms with van der Waals surface area (Å²) in [6.45, 7) is 5.83. The van der Waals surface area contributed by atoms with E-state index in [0.717, 1.165) is 17.7 Å². The van der Waals surface area contributed by atoms with Crippen LogP contribution in [-0.2, 0) is 16.1 Å². The minimum absolute atomic E-state index is 0.157. The number of rotatable bonds is 2. The second-order valence-electron chi connectivity index (χ2n) is 4.69. The fourth-order valence-corrected chi connectivity index (χ4v) is 1.30. The summed E-state index contributed by atoms with van der Waals surface area (Å²) >= 11 is 0. The van der Waals surface area contributed by atoms with Gasteiger partial charge in [0.2, 0.25) is 0 Å². The minimum atomic E-state index is -3.93. The number of carboxylic acid groups (broad SMARTS) is 1. The topological polar surface area (TPSA) is 40.1 Å². The van der Waals surface area contributed by atoms with Crippen molar-refractivity contribution in [1.29, 1.82) is 0 Å². The standard InChI is InChI=1S/C12H14F2O2/c1-11(2,3)8-4-6-9(7-5-8)12(13,14)10(15)16/h4-7H,1-3H3,(H,15,16)/p-1. The van der Waals surface area contributed by atoms with E-state index in [9.17, 15) is 18.7 Å². The number of hydrogen-bond acceptors (Lipinski definition) is 2. The van der Waals surface area contributed by atoms with Gasteiger partial charge in [-0.05, 0) is 11.0 Å². The van der Waals surface area contributed by atoms with Gasteiger partial charge in [-0.25, -0.2) is 0 Å². The van der Waals surface area contributed by atoms with Gasteiger partial charge in [0.1, 0.15) is 5.97 Å². The molecule has 0 radical (unpaired) electrons. The van der Waals surface area contributed by atoms with Crippen molar-refractivity contribution >= 4 is 5.97 Å². The third-order valence-corrected chi connectivity index (χ3v) is 2.37. The Balaban J connectivity index is 3.09. The number of benzene rings is 1. The first-order valence-corrected chi connectivity index (χ1v) is 4.86. The van der Waals surface area contributed by atoms with Gasteiger partial charge in [-0.2, -0.15) is 8.78 Å². The van der Waals surface area contributed by atoms with Crippen molar-refractivity contribution < 1.29 is 18.7 Å². The molecule has 0 amide bonds. The summed E-state index contributed by atoms with van der Waals surface area (Å²) in [6, 6.07) is 5.26. The summed E-state index contributed by atoms with van der Waals surface area (Å²) < 4.78 is 26.1. The number of carbonyl (C=O) groups is 1. The van der Waals surface area contributed by atoms with Crippen LogP contribution in [0.4, 0.5) is 8.78 Å². The zero-order valence-corrected chi connectivity index (χ0v) is 9.38. The molecule has 0 N–H and O–H groups in total. The maximum Gasteiger partial charge on any atom is 0.312 e. The van der Waals surface area contributed by atoms with E-state index >= 15 is 0 Å². The van der Waals surface area contributed by atoms with Crippen LogP contribution in [0.3, 0.4) is 0 Å². The lowest BCUT2D eigenvalue weighted by Crippen LogP contribution is -2.39. The maximum atomic E-state index is 13.0. The van der Waals surface area contributed by atoms with E-state index in [4.69, 9.17) is 0 Å². The first-order chi connectivity index (χ1) is 7.15. The molecule has 1 aromatic carbocycles. The van der Waals surface area contributed by atoms with Gasteiger partial charge < -0.3 is 9.90 Å². The number of aliphatic carboxylic acids is 1. The molecule has 0 unspecified atom stereocenters. The highest BCUT2D eigenvalue weighted by atomic mass is 19.3. The number of halogens is 2. The Morgan fingerprint density at radius 2 is 1.44 bits per heavy atom. The summed E-state index contributed by atoms with van der Waals surface area (Å²) in [5.41, 5.74) is 0.154. The zero-order chi connectivity index (χ0) is 12.6. The van der Waals surface area contributed by atoms with Gasteiger partial charge in [-0.3, -0.25) is 0 Å². The highest BCUT2D eigenvalue weighted by Crippen LogP contribution is 2.29. The summed E-state index contributed by atoms with van der Waals surface area (Å²) in [7, 11) is 0. The molecule has 16 heavy (non-hydrogen) atoms. The van der Waals surface area contributed by atoms with Gasteiger partial charge >= 0.3 is 5.92 Å². The third kappa shape index (κ3) is 2.38. The molecule has 0 aliphatic rings. The van der Waals surface area contributed by atoms with E-state index in [1.807, 2.05) is 20.8 Å². The van der Waals surface area contributed by atoms with E-state index in [-0.39, 0.29) is 5.41 Å². The highest BCUT2D eigenvalue weighted by Gasteiger charge is 2.33.